The molecule has 0 aliphatic carbocycles. The Balaban J connectivity index is 3.27. The van der Waals surface area contributed by atoms with Gasteiger partial charge in [-0.3, -0.25) is 0 Å². The van der Waals surface area contributed by atoms with E-state index in [4.69, 9.17) is 17.3 Å². The van der Waals surface area contributed by atoms with E-state index >= 15 is 0 Å². The Hall–Kier alpha value is -1.43. The molecule has 0 amide bonds. The van der Waals surface area contributed by atoms with Crippen molar-refractivity contribution in [1.82, 2.24) is 0 Å². The monoisotopic (exact) mass is 267 g/mol. The number of nitrogens with two attached hydrogens (primary N) is 1. The molecule has 0 saturated heterocycles. The van der Waals surface area contributed by atoms with Crippen LogP contribution in [0.15, 0.2) is 12.1 Å². The van der Waals surface area contributed by atoms with Gasteiger partial charge >= 0.3 is 11.9 Å². The van der Waals surface area contributed by atoms with E-state index in [9.17, 15) is 18.0 Å². The maximum absolute atomic E-state index is 13.6. The van der Waals surface area contributed by atoms with E-state index in [0.717, 1.165) is 12.1 Å². The van der Waals surface area contributed by atoms with Gasteiger partial charge in [-0.2, -0.15) is 8.78 Å². The zero-order valence-corrected chi connectivity index (χ0v) is 9.52. The minimum atomic E-state index is -4.04. The zero-order chi connectivity index (χ0) is 13.2. The van der Waals surface area contributed by atoms with Crippen LogP contribution in [0.5, 0.6) is 0 Å². The number of esters is 1. The summed E-state index contributed by atoms with van der Waals surface area (Å²) in [5, 5.41) is -0.282. The van der Waals surface area contributed by atoms with E-state index < -0.39 is 29.0 Å². The number of hydrogen-bond acceptors (Lipinski definition) is 3. The molecule has 0 atom stereocenters. The molecule has 0 bridgehead atoms. The van der Waals surface area contributed by atoms with Gasteiger partial charge in [-0.15, -0.1) is 0 Å². The van der Waals surface area contributed by atoms with Crippen molar-refractivity contribution in [3.8, 4) is 0 Å². The fourth-order valence-corrected chi connectivity index (χ4v) is 1.38. The normalized spacial score (nSPS) is 11.4. The van der Waals surface area contributed by atoms with Crippen LogP contribution in [0, 0.1) is 5.82 Å². The van der Waals surface area contributed by atoms with Crippen LogP contribution in [0.3, 0.4) is 0 Å². The number of rotatable bonds is 3. The molecule has 3 nitrogen and oxygen atoms in total. The number of halogens is 4. The third kappa shape index (κ3) is 2.63. The number of alkyl halides is 2. The van der Waals surface area contributed by atoms with Crippen LogP contribution in [0.25, 0.3) is 0 Å². The minimum Gasteiger partial charge on any atom is -0.461 e. The smallest absolute Gasteiger partial charge is 0.382 e. The molecule has 0 aliphatic heterocycles. The van der Waals surface area contributed by atoms with Crippen molar-refractivity contribution in [2.45, 2.75) is 12.8 Å². The third-order valence-electron chi connectivity index (χ3n) is 1.96. The number of anilines is 1. The number of hydrogen-bond donors (Lipinski definition) is 1. The highest BCUT2D eigenvalue weighted by Crippen LogP contribution is 2.36. The molecule has 0 heterocycles. The summed E-state index contributed by atoms with van der Waals surface area (Å²) in [5.74, 6) is -6.95. The predicted molar refractivity (Wildman–Crippen MR) is 56.3 cm³/mol. The van der Waals surface area contributed by atoms with Crippen molar-refractivity contribution in [3.05, 3.63) is 28.5 Å². The minimum absolute atomic E-state index is 0.225. The van der Waals surface area contributed by atoms with Crippen LogP contribution in [0.2, 0.25) is 5.02 Å². The van der Waals surface area contributed by atoms with Crippen LogP contribution in [-0.2, 0) is 15.5 Å². The molecule has 0 fully saturated rings. The lowest BCUT2D eigenvalue weighted by atomic mass is 10.1. The Morgan fingerprint density at radius 2 is 2.12 bits per heavy atom. The second-order valence-corrected chi connectivity index (χ2v) is 3.58. The molecular formula is C10H9ClF3NO2. The first-order valence-electron chi connectivity index (χ1n) is 4.60. The van der Waals surface area contributed by atoms with Gasteiger partial charge in [-0.25, -0.2) is 9.18 Å². The first kappa shape index (κ1) is 13.6. The highest BCUT2D eigenvalue weighted by atomic mass is 35.5. The summed E-state index contributed by atoms with van der Waals surface area (Å²) >= 11 is 5.43. The third-order valence-corrected chi connectivity index (χ3v) is 2.18. The van der Waals surface area contributed by atoms with Gasteiger partial charge in [0, 0.05) is 5.02 Å². The van der Waals surface area contributed by atoms with Crippen LogP contribution in [0.4, 0.5) is 18.9 Å². The Morgan fingerprint density at radius 1 is 1.53 bits per heavy atom. The number of nitrogen functional groups attached to an aromatic ring is 1. The lowest BCUT2D eigenvalue weighted by molar-refractivity contribution is -0.173. The summed E-state index contributed by atoms with van der Waals surface area (Å²) < 4.78 is 44.5. The Kier molecular flexibility index (Phi) is 3.87. The van der Waals surface area contributed by atoms with Gasteiger partial charge in [0.05, 0.1) is 17.9 Å². The van der Waals surface area contributed by atoms with Gasteiger partial charge < -0.3 is 10.5 Å². The molecule has 94 valence electrons. The van der Waals surface area contributed by atoms with E-state index in [1.165, 1.54) is 6.92 Å². The topological polar surface area (TPSA) is 52.3 Å². The van der Waals surface area contributed by atoms with E-state index in [0.29, 0.717) is 0 Å². The molecule has 0 aliphatic rings. The van der Waals surface area contributed by atoms with Gasteiger partial charge in [-0.1, -0.05) is 11.6 Å². The standard InChI is InChI=1S/C10H9ClF3NO2/c1-2-17-9(16)10(13,14)6-3-5(11)4-7(12)8(6)15/h3-4H,2,15H2,1H3. The molecule has 7 heteroatoms. The fourth-order valence-electron chi connectivity index (χ4n) is 1.18. The van der Waals surface area contributed by atoms with Gasteiger partial charge in [0.1, 0.15) is 5.82 Å². The van der Waals surface area contributed by atoms with Crippen LogP contribution >= 0.6 is 11.6 Å². The summed E-state index contributed by atoms with van der Waals surface area (Å²) in [6.45, 7) is 1.15. The van der Waals surface area contributed by atoms with Crippen molar-refractivity contribution in [2.24, 2.45) is 0 Å². The maximum atomic E-state index is 13.6. The van der Waals surface area contributed by atoms with Crippen molar-refractivity contribution in [2.75, 3.05) is 12.3 Å². The average molecular weight is 268 g/mol. The number of carbonyl (C=O) groups excluding carboxylic acids is 1. The molecule has 0 radical (unpaired) electrons. The lowest BCUT2D eigenvalue weighted by Gasteiger charge is -2.17. The molecule has 2 N–H and O–H groups in total. The molecule has 0 unspecified atom stereocenters. The molecule has 0 aromatic heterocycles. The summed E-state index contributed by atoms with van der Waals surface area (Å²) in [5.41, 5.74) is 3.32. The fraction of sp³-hybridized carbons (Fsp3) is 0.300. The molecule has 1 aromatic rings. The Labute approximate surface area is 100 Å². The summed E-state index contributed by atoms with van der Waals surface area (Å²) in [4.78, 5) is 11.0. The first-order valence-corrected chi connectivity index (χ1v) is 4.98. The SMILES string of the molecule is CCOC(=O)C(F)(F)c1cc(Cl)cc(F)c1N. The lowest BCUT2D eigenvalue weighted by Crippen LogP contribution is -2.29. The second kappa shape index (κ2) is 4.83. The molecule has 17 heavy (non-hydrogen) atoms. The van der Waals surface area contributed by atoms with Gasteiger partial charge in [0.25, 0.3) is 0 Å². The largest absolute Gasteiger partial charge is 0.461 e. The van der Waals surface area contributed by atoms with E-state index in [1.807, 2.05) is 0 Å². The zero-order valence-electron chi connectivity index (χ0n) is 8.77. The number of ether oxygens (including phenoxy) is 1. The molecule has 0 spiro atoms. The summed E-state index contributed by atoms with van der Waals surface area (Å²) in [7, 11) is 0. The second-order valence-electron chi connectivity index (χ2n) is 3.14. The van der Waals surface area contributed by atoms with Crippen LogP contribution in [-0.4, -0.2) is 12.6 Å². The molecule has 1 rings (SSSR count). The van der Waals surface area contributed by atoms with Crippen molar-refractivity contribution in [1.29, 1.82) is 0 Å². The summed E-state index contributed by atoms with van der Waals surface area (Å²) in [6.07, 6.45) is 0. The van der Waals surface area contributed by atoms with Crippen LogP contribution in [0.1, 0.15) is 12.5 Å². The highest BCUT2D eigenvalue weighted by Gasteiger charge is 2.45. The van der Waals surface area contributed by atoms with Gasteiger partial charge in [0.15, 0.2) is 0 Å². The maximum Gasteiger partial charge on any atom is 0.382 e. The molecule has 0 saturated carbocycles. The number of benzene rings is 1. The molecule has 1 aromatic carbocycles. The highest BCUT2D eigenvalue weighted by molar-refractivity contribution is 6.30. The number of carbonyl (C=O) groups is 1. The van der Waals surface area contributed by atoms with Gasteiger partial charge in [-0.05, 0) is 19.1 Å². The van der Waals surface area contributed by atoms with Gasteiger partial charge in [0.2, 0.25) is 0 Å². The van der Waals surface area contributed by atoms with E-state index in [2.05, 4.69) is 4.74 Å². The van der Waals surface area contributed by atoms with Crippen molar-refractivity contribution >= 4 is 23.3 Å². The Bertz CT molecular complexity index is 451. The quantitative estimate of drug-likeness (QED) is 0.677. The summed E-state index contributed by atoms with van der Waals surface area (Å²) in [6, 6.07) is 1.51. The molecular weight excluding hydrogens is 259 g/mol. The average Bonchev–Trinajstić information content (AvgIpc) is 2.23. The Morgan fingerprint density at radius 3 is 2.65 bits per heavy atom. The van der Waals surface area contributed by atoms with Crippen molar-refractivity contribution < 1.29 is 22.7 Å². The van der Waals surface area contributed by atoms with Crippen molar-refractivity contribution in [3.63, 3.8) is 0 Å². The predicted octanol–water partition coefficient (Wildman–Crippen LogP) is 2.72. The van der Waals surface area contributed by atoms with E-state index in [-0.39, 0.29) is 11.6 Å². The first-order chi connectivity index (χ1) is 7.80. The van der Waals surface area contributed by atoms with Crippen LogP contribution < -0.4 is 5.73 Å². The van der Waals surface area contributed by atoms with E-state index in [1.54, 1.807) is 0 Å².